The van der Waals surface area contributed by atoms with Gasteiger partial charge in [-0.1, -0.05) is 42.5 Å². The van der Waals surface area contributed by atoms with Crippen LogP contribution < -0.4 is 21.5 Å². The number of hydrogen-bond donors (Lipinski definition) is 3. The number of carbonyl (C=O) groups excluding carboxylic acids is 1. The highest BCUT2D eigenvalue weighted by Gasteiger charge is 2.40. The summed E-state index contributed by atoms with van der Waals surface area (Å²) in [4.78, 5) is 22.0. The molecule has 0 bridgehead atoms. The number of benzene rings is 2. The summed E-state index contributed by atoms with van der Waals surface area (Å²) in [7, 11) is 1.62. The van der Waals surface area contributed by atoms with Gasteiger partial charge in [-0.25, -0.2) is 0 Å². The predicted molar refractivity (Wildman–Crippen MR) is 120 cm³/mol. The first kappa shape index (κ1) is 19.1. The summed E-state index contributed by atoms with van der Waals surface area (Å²) in [5, 5.41) is 3.36. The number of nitrogens with two attached hydrogens (primary N) is 2. The molecular formula is C24H23N5O2. The molecule has 5 N–H and O–H groups in total. The van der Waals surface area contributed by atoms with Crippen LogP contribution in [0.5, 0.6) is 5.75 Å². The van der Waals surface area contributed by atoms with Crippen LogP contribution in [0.4, 0.5) is 17.6 Å². The van der Waals surface area contributed by atoms with Crippen molar-refractivity contribution in [1.82, 2.24) is 9.97 Å². The highest BCUT2D eigenvalue weighted by Crippen LogP contribution is 2.49. The van der Waals surface area contributed by atoms with Gasteiger partial charge in [-0.3, -0.25) is 4.79 Å². The third-order valence-corrected chi connectivity index (χ3v) is 6.07. The lowest BCUT2D eigenvalue weighted by molar-refractivity contribution is -0.116. The smallest absolute Gasteiger partial charge is 0.223 e. The molecule has 2 aromatic carbocycles. The maximum atomic E-state index is 13.5. The number of fused-ring (bicyclic) bond motifs is 1. The monoisotopic (exact) mass is 413 g/mol. The van der Waals surface area contributed by atoms with Crippen LogP contribution in [-0.2, 0) is 4.79 Å². The number of ketones is 1. The molecule has 0 spiro atoms. The van der Waals surface area contributed by atoms with Crippen molar-refractivity contribution < 1.29 is 9.53 Å². The number of methoxy groups -OCH3 is 1. The van der Waals surface area contributed by atoms with Gasteiger partial charge in [0.2, 0.25) is 5.95 Å². The third-order valence-electron chi connectivity index (χ3n) is 6.07. The number of carbonyl (C=O) groups is 1. The number of rotatable bonds is 3. The van der Waals surface area contributed by atoms with Crippen LogP contribution >= 0.6 is 0 Å². The molecule has 0 fully saturated rings. The Morgan fingerprint density at radius 2 is 1.71 bits per heavy atom. The molecule has 7 nitrogen and oxygen atoms in total. The second kappa shape index (κ2) is 7.43. The second-order valence-corrected chi connectivity index (χ2v) is 7.89. The Morgan fingerprint density at radius 3 is 2.42 bits per heavy atom. The summed E-state index contributed by atoms with van der Waals surface area (Å²) in [6.07, 6.45) is 1.16. The van der Waals surface area contributed by atoms with Gasteiger partial charge in [-0.2, -0.15) is 9.97 Å². The molecule has 2 atom stereocenters. The number of ether oxygens (including phenoxy) is 1. The zero-order valence-corrected chi connectivity index (χ0v) is 17.1. The summed E-state index contributed by atoms with van der Waals surface area (Å²) < 4.78 is 5.30. The summed E-state index contributed by atoms with van der Waals surface area (Å²) in [5.41, 5.74) is 16.5. The van der Waals surface area contributed by atoms with Crippen molar-refractivity contribution in [2.45, 2.75) is 24.7 Å². The van der Waals surface area contributed by atoms with Gasteiger partial charge in [0.1, 0.15) is 17.4 Å². The van der Waals surface area contributed by atoms with E-state index in [9.17, 15) is 4.79 Å². The van der Waals surface area contributed by atoms with Gasteiger partial charge >= 0.3 is 0 Å². The SMILES string of the molecule is COc1ccc([C@H]2C3=C(C[C@H](c4ccccc4)CC3=O)Nc3nc(N)nc(N)c32)cc1. The topological polar surface area (TPSA) is 116 Å². The average Bonchev–Trinajstić information content (AvgIpc) is 2.78. The molecule has 156 valence electrons. The Balaban J connectivity index is 1.65. The fourth-order valence-corrected chi connectivity index (χ4v) is 4.65. The predicted octanol–water partition coefficient (Wildman–Crippen LogP) is 3.61. The molecule has 5 rings (SSSR count). The van der Waals surface area contributed by atoms with Crippen LogP contribution in [0.2, 0.25) is 0 Å². The van der Waals surface area contributed by atoms with E-state index in [0.717, 1.165) is 28.1 Å². The number of hydrogen-bond acceptors (Lipinski definition) is 7. The fraction of sp³-hybridized carbons (Fsp3) is 0.208. The molecule has 0 radical (unpaired) electrons. The van der Waals surface area contributed by atoms with Crippen molar-refractivity contribution in [2.75, 3.05) is 23.9 Å². The van der Waals surface area contributed by atoms with E-state index in [1.165, 1.54) is 0 Å². The molecule has 0 saturated heterocycles. The Labute approximate surface area is 180 Å². The minimum absolute atomic E-state index is 0.100. The number of nitrogens with zero attached hydrogens (tertiary/aromatic N) is 2. The lowest BCUT2D eigenvalue weighted by Gasteiger charge is -2.36. The maximum absolute atomic E-state index is 13.5. The number of nitrogen functional groups attached to an aromatic ring is 2. The van der Waals surface area contributed by atoms with Crippen LogP contribution in [-0.4, -0.2) is 22.9 Å². The summed E-state index contributed by atoms with van der Waals surface area (Å²) in [5.74, 6) is 1.53. The normalized spacial score (nSPS) is 20.0. The van der Waals surface area contributed by atoms with E-state index in [2.05, 4.69) is 27.4 Å². The van der Waals surface area contributed by atoms with E-state index in [1.807, 2.05) is 42.5 Å². The second-order valence-electron chi connectivity index (χ2n) is 7.89. The largest absolute Gasteiger partial charge is 0.497 e. The van der Waals surface area contributed by atoms with E-state index < -0.39 is 0 Å². The van der Waals surface area contributed by atoms with Crippen molar-refractivity contribution in [3.05, 3.63) is 82.6 Å². The Morgan fingerprint density at radius 1 is 0.968 bits per heavy atom. The lowest BCUT2D eigenvalue weighted by atomic mass is 9.72. The maximum Gasteiger partial charge on any atom is 0.223 e. The highest BCUT2D eigenvalue weighted by molar-refractivity contribution is 6.02. The van der Waals surface area contributed by atoms with Crippen molar-refractivity contribution in [1.29, 1.82) is 0 Å². The molecule has 0 unspecified atom stereocenters. The quantitative estimate of drug-likeness (QED) is 0.601. The van der Waals surface area contributed by atoms with Gasteiger partial charge in [-0.05, 0) is 35.6 Å². The van der Waals surface area contributed by atoms with E-state index >= 15 is 0 Å². The number of allylic oxidation sites excluding steroid dienone is 2. The number of anilines is 3. The molecule has 2 heterocycles. The van der Waals surface area contributed by atoms with Gasteiger partial charge in [-0.15, -0.1) is 0 Å². The molecule has 2 aliphatic rings. The highest BCUT2D eigenvalue weighted by atomic mass is 16.5. The van der Waals surface area contributed by atoms with E-state index in [0.29, 0.717) is 24.2 Å². The molecule has 1 aliphatic carbocycles. The Kier molecular flexibility index (Phi) is 4.58. The van der Waals surface area contributed by atoms with Gasteiger partial charge in [0.15, 0.2) is 5.78 Å². The summed E-state index contributed by atoms with van der Waals surface area (Å²) >= 11 is 0. The molecule has 0 saturated carbocycles. The van der Waals surface area contributed by atoms with Gasteiger partial charge in [0.25, 0.3) is 0 Å². The third kappa shape index (κ3) is 3.28. The van der Waals surface area contributed by atoms with Gasteiger partial charge in [0.05, 0.1) is 7.11 Å². The van der Waals surface area contributed by atoms with Gasteiger partial charge in [0, 0.05) is 29.2 Å². The minimum Gasteiger partial charge on any atom is -0.497 e. The average molecular weight is 413 g/mol. The molecule has 31 heavy (non-hydrogen) atoms. The van der Waals surface area contributed by atoms with E-state index in [4.69, 9.17) is 16.2 Å². The van der Waals surface area contributed by atoms with Gasteiger partial charge < -0.3 is 21.5 Å². The molecule has 0 amide bonds. The molecule has 3 aromatic rings. The minimum atomic E-state index is -0.359. The summed E-state index contributed by atoms with van der Waals surface area (Å²) in [6, 6.07) is 17.8. The van der Waals surface area contributed by atoms with Crippen LogP contribution in [0.15, 0.2) is 65.9 Å². The van der Waals surface area contributed by atoms with Crippen molar-refractivity contribution in [3.8, 4) is 5.75 Å². The van der Waals surface area contributed by atoms with Crippen LogP contribution in [0, 0.1) is 0 Å². The first-order valence-corrected chi connectivity index (χ1v) is 10.2. The number of Topliss-reactive ketones (excluding diaryl/α,β-unsaturated/α-hetero) is 1. The van der Waals surface area contributed by atoms with Crippen molar-refractivity contribution in [3.63, 3.8) is 0 Å². The first-order chi connectivity index (χ1) is 15.0. The van der Waals surface area contributed by atoms with E-state index in [-0.39, 0.29) is 29.4 Å². The Bertz CT molecular complexity index is 1190. The van der Waals surface area contributed by atoms with Crippen LogP contribution in [0.3, 0.4) is 0 Å². The summed E-state index contributed by atoms with van der Waals surface area (Å²) in [6.45, 7) is 0. The molecule has 1 aliphatic heterocycles. The molecule has 1 aromatic heterocycles. The zero-order chi connectivity index (χ0) is 21.5. The number of nitrogens with one attached hydrogen (secondary N) is 1. The Hall–Kier alpha value is -3.87. The van der Waals surface area contributed by atoms with Crippen molar-refractivity contribution >= 4 is 23.4 Å². The zero-order valence-electron chi connectivity index (χ0n) is 17.1. The fourth-order valence-electron chi connectivity index (χ4n) is 4.65. The van der Waals surface area contributed by atoms with Crippen LogP contribution in [0.1, 0.15) is 41.4 Å². The number of aromatic nitrogens is 2. The lowest BCUT2D eigenvalue weighted by Crippen LogP contribution is -2.31. The van der Waals surface area contributed by atoms with Crippen molar-refractivity contribution in [2.24, 2.45) is 0 Å². The first-order valence-electron chi connectivity index (χ1n) is 10.2. The molecule has 7 heteroatoms. The van der Waals surface area contributed by atoms with Crippen LogP contribution in [0.25, 0.3) is 0 Å². The molecular weight excluding hydrogens is 390 g/mol. The standard InChI is InChI=1S/C24H23N5O2/c1-31-16-9-7-14(8-10-16)19-20-17(27-23-21(19)22(25)28-24(26)29-23)11-15(12-18(20)30)13-5-3-2-4-6-13/h2-10,15,19H,11-12H2,1H3,(H5,25,26,27,28,29)/t15-,19-/m0/s1. The van der Waals surface area contributed by atoms with E-state index in [1.54, 1.807) is 7.11 Å².